The van der Waals surface area contributed by atoms with Gasteiger partial charge in [0.2, 0.25) is 0 Å². The first-order chi connectivity index (χ1) is 10.2. The summed E-state index contributed by atoms with van der Waals surface area (Å²) in [6, 6.07) is 10.9. The fourth-order valence-corrected chi connectivity index (χ4v) is 3.50. The predicted octanol–water partition coefficient (Wildman–Crippen LogP) is 4.50. The third-order valence-electron chi connectivity index (χ3n) is 3.61. The molecule has 0 atom stereocenters. The van der Waals surface area contributed by atoms with Gasteiger partial charge in [-0.05, 0) is 46.5 Å². The topological polar surface area (TPSA) is 17.0 Å². The fourth-order valence-electron chi connectivity index (χ4n) is 2.55. The van der Waals surface area contributed by atoms with E-state index in [0.29, 0.717) is 5.92 Å². The number of rotatable bonds is 6. The van der Waals surface area contributed by atoms with Gasteiger partial charge in [0.05, 0.1) is 0 Å². The van der Waals surface area contributed by atoms with Crippen LogP contribution in [-0.2, 0) is 13.1 Å². The van der Waals surface area contributed by atoms with E-state index in [2.05, 4.69) is 71.8 Å². The van der Waals surface area contributed by atoms with Gasteiger partial charge in [-0.3, -0.25) is 0 Å². The van der Waals surface area contributed by atoms with Crippen LogP contribution in [0.15, 0.2) is 48.1 Å². The molecule has 0 bridgehead atoms. The zero-order chi connectivity index (χ0) is 14.7. The Hall–Kier alpha value is -1.58. The largest absolute Gasteiger partial charge is 0.350 e. The lowest BCUT2D eigenvalue weighted by Crippen LogP contribution is -2.18. The van der Waals surface area contributed by atoms with E-state index in [-0.39, 0.29) is 0 Å². The van der Waals surface area contributed by atoms with Gasteiger partial charge in [0.25, 0.3) is 0 Å². The quantitative estimate of drug-likeness (QED) is 0.709. The van der Waals surface area contributed by atoms with Gasteiger partial charge in [-0.1, -0.05) is 32.0 Å². The van der Waals surface area contributed by atoms with Crippen LogP contribution in [0.4, 0.5) is 0 Å². The van der Waals surface area contributed by atoms with Crippen LogP contribution in [0.2, 0.25) is 0 Å². The van der Waals surface area contributed by atoms with Crippen molar-refractivity contribution < 1.29 is 0 Å². The van der Waals surface area contributed by atoms with E-state index in [1.807, 2.05) is 11.3 Å². The van der Waals surface area contributed by atoms with Crippen molar-refractivity contribution in [2.45, 2.75) is 26.9 Å². The zero-order valence-corrected chi connectivity index (χ0v) is 13.5. The van der Waals surface area contributed by atoms with Gasteiger partial charge in [-0.2, -0.15) is 0 Å². The lowest BCUT2D eigenvalue weighted by atomic mass is 10.2. The maximum Gasteiger partial charge on any atom is 0.0484 e. The Morgan fingerprint density at radius 1 is 1.19 bits per heavy atom. The Labute approximate surface area is 130 Å². The lowest BCUT2D eigenvalue weighted by molar-refractivity contribution is 0.552. The highest BCUT2D eigenvalue weighted by Gasteiger charge is 2.04. The van der Waals surface area contributed by atoms with Gasteiger partial charge in [-0.25, -0.2) is 0 Å². The third-order valence-corrected chi connectivity index (χ3v) is 4.62. The van der Waals surface area contributed by atoms with Crippen molar-refractivity contribution in [2.75, 3.05) is 6.54 Å². The minimum atomic E-state index is 0.698. The standard InChI is InChI=1S/C18H22N2S/c1-14(2)9-19-10-15-7-8-20(11-15)12-16-13-21-18-6-4-3-5-17(16)18/h3-8,11,13-14,19H,9-10,12H2,1-2H3. The molecule has 0 aliphatic heterocycles. The molecule has 0 fully saturated rings. The van der Waals surface area contributed by atoms with Crippen LogP contribution in [0.5, 0.6) is 0 Å². The molecule has 2 heterocycles. The molecular weight excluding hydrogens is 276 g/mol. The number of aromatic nitrogens is 1. The van der Waals surface area contributed by atoms with Gasteiger partial charge >= 0.3 is 0 Å². The Bertz CT molecular complexity index is 709. The molecule has 2 nitrogen and oxygen atoms in total. The van der Waals surface area contributed by atoms with Crippen LogP contribution < -0.4 is 5.32 Å². The van der Waals surface area contributed by atoms with Crippen molar-refractivity contribution in [1.29, 1.82) is 0 Å². The highest BCUT2D eigenvalue weighted by atomic mass is 32.1. The summed E-state index contributed by atoms with van der Waals surface area (Å²) in [7, 11) is 0. The Balaban J connectivity index is 1.67. The minimum Gasteiger partial charge on any atom is -0.350 e. The number of hydrogen-bond acceptors (Lipinski definition) is 2. The number of nitrogens with zero attached hydrogens (tertiary/aromatic N) is 1. The second kappa shape index (κ2) is 6.46. The summed E-state index contributed by atoms with van der Waals surface area (Å²) in [5, 5.41) is 7.16. The molecule has 3 aromatic rings. The second-order valence-electron chi connectivity index (χ2n) is 5.97. The summed E-state index contributed by atoms with van der Waals surface area (Å²) in [6.45, 7) is 7.45. The van der Waals surface area contributed by atoms with E-state index in [4.69, 9.17) is 0 Å². The first kappa shape index (κ1) is 14.4. The summed E-state index contributed by atoms with van der Waals surface area (Å²) >= 11 is 1.83. The first-order valence-electron chi connectivity index (χ1n) is 7.53. The van der Waals surface area contributed by atoms with Crippen molar-refractivity contribution in [3.63, 3.8) is 0 Å². The highest BCUT2D eigenvalue weighted by molar-refractivity contribution is 7.17. The summed E-state index contributed by atoms with van der Waals surface area (Å²) in [5.74, 6) is 0.698. The van der Waals surface area contributed by atoms with Crippen LogP contribution in [0.25, 0.3) is 10.1 Å². The molecule has 0 aliphatic rings. The second-order valence-corrected chi connectivity index (χ2v) is 6.89. The Kier molecular flexibility index (Phi) is 4.42. The molecule has 1 N–H and O–H groups in total. The molecule has 21 heavy (non-hydrogen) atoms. The van der Waals surface area contributed by atoms with Gasteiger partial charge in [-0.15, -0.1) is 11.3 Å². The molecule has 1 aromatic carbocycles. The van der Waals surface area contributed by atoms with Crippen LogP contribution in [-0.4, -0.2) is 11.1 Å². The van der Waals surface area contributed by atoms with Crippen molar-refractivity contribution >= 4 is 21.4 Å². The molecule has 0 saturated heterocycles. The van der Waals surface area contributed by atoms with Crippen LogP contribution >= 0.6 is 11.3 Å². The SMILES string of the molecule is CC(C)CNCc1ccn(Cc2csc3ccccc23)c1. The Morgan fingerprint density at radius 2 is 2.05 bits per heavy atom. The first-order valence-corrected chi connectivity index (χ1v) is 8.41. The van der Waals surface area contributed by atoms with E-state index in [9.17, 15) is 0 Å². The molecule has 110 valence electrons. The lowest BCUT2D eigenvalue weighted by Gasteiger charge is -2.06. The fraction of sp³-hybridized carbons (Fsp3) is 0.333. The van der Waals surface area contributed by atoms with Crippen molar-refractivity contribution in [1.82, 2.24) is 9.88 Å². The molecule has 3 rings (SSSR count). The van der Waals surface area contributed by atoms with Gasteiger partial charge in [0.1, 0.15) is 0 Å². The summed E-state index contributed by atoms with van der Waals surface area (Å²) in [5.41, 5.74) is 2.77. The van der Waals surface area contributed by atoms with Crippen molar-refractivity contribution in [3.05, 3.63) is 59.2 Å². The van der Waals surface area contributed by atoms with Crippen molar-refractivity contribution in [2.24, 2.45) is 5.92 Å². The maximum absolute atomic E-state index is 3.49. The summed E-state index contributed by atoms with van der Waals surface area (Å²) in [6.07, 6.45) is 4.43. The molecular formula is C18H22N2S. The van der Waals surface area contributed by atoms with Gasteiger partial charge in [0.15, 0.2) is 0 Å². The van der Waals surface area contributed by atoms with Gasteiger partial charge in [0, 0.05) is 30.2 Å². The third kappa shape index (κ3) is 3.55. The van der Waals surface area contributed by atoms with E-state index < -0.39 is 0 Å². The highest BCUT2D eigenvalue weighted by Crippen LogP contribution is 2.26. The summed E-state index contributed by atoms with van der Waals surface area (Å²) < 4.78 is 3.65. The maximum atomic E-state index is 3.49. The molecule has 0 saturated carbocycles. The smallest absolute Gasteiger partial charge is 0.0484 e. The van der Waals surface area contributed by atoms with E-state index in [1.54, 1.807) is 0 Å². The average Bonchev–Trinajstić information content (AvgIpc) is 3.07. The van der Waals surface area contributed by atoms with E-state index in [1.165, 1.54) is 21.2 Å². The average molecular weight is 298 g/mol. The zero-order valence-electron chi connectivity index (χ0n) is 12.7. The van der Waals surface area contributed by atoms with Crippen molar-refractivity contribution in [3.8, 4) is 0 Å². The van der Waals surface area contributed by atoms with E-state index in [0.717, 1.165) is 19.6 Å². The normalized spacial score (nSPS) is 11.6. The molecule has 0 amide bonds. The van der Waals surface area contributed by atoms with E-state index >= 15 is 0 Å². The molecule has 0 aliphatic carbocycles. The Morgan fingerprint density at radius 3 is 2.90 bits per heavy atom. The number of nitrogens with one attached hydrogen (secondary N) is 1. The summed E-state index contributed by atoms with van der Waals surface area (Å²) in [4.78, 5) is 0. The molecule has 0 radical (unpaired) electrons. The number of thiophene rings is 1. The molecule has 2 aromatic heterocycles. The molecule has 3 heteroatoms. The molecule has 0 spiro atoms. The number of benzene rings is 1. The van der Waals surface area contributed by atoms with Crippen LogP contribution in [0.3, 0.4) is 0 Å². The van der Waals surface area contributed by atoms with Gasteiger partial charge < -0.3 is 9.88 Å². The minimum absolute atomic E-state index is 0.698. The monoisotopic (exact) mass is 298 g/mol. The number of fused-ring (bicyclic) bond motifs is 1. The van der Waals surface area contributed by atoms with Crippen LogP contribution in [0.1, 0.15) is 25.0 Å². The number of hydrogen-bond donors (Lipinski definition) is 1. The van der Waals surface area contributed by atoms with Crippen LogP contribution in [0, 0.1) is 5.92 Å². The predicted molar refractivity (Wildman–Crippen MR) is 91.9 cm³/mol. The molecule has 0 unspecified atom stereocenters.